The Bertz CT molecular complexity index is 857. The van der Waals surface area contributed by atoms with Crippen molar-refractivity contribution in [2.75, 3.05) is 45.1 Å². The molecule has 2 aromatic rings. The number of anilines is 1. The maximum atomic E-state index is 12.9. The summed E-state index contributed by atoms with van der Waals surface area (Å²) < 4.78 is 0. The third kappa shape index (κ3) is 5.46. The van der Waals surface area contributed by atoms with Gasteiger partial charge < -0.3 is 15.5 Å². The van der Waals surface area contributed by atoms with Crippen LogP contribution in [0.25, 0.3) is 0 Å². The lowest BCUT2D eigenvalue weighted by Gasteiger charge is -2.35. The minimum atomic E-state index is -0.0990. The Labute approximate surface area is 178 Å². The van der Waals surface area contributed by atoms with Gasteiger partial charge in [-0.15, -0.1) is 0 Å². The molecule has 0 radical (unpaired) electrons. The highest BCUT2D eigenvalue weighted by Crippen LogP contribution is 2.30. The fourth-order valence-electron chi connectivity index (χ4n) is 3.74. The number of hydrogen-bond donors (Lipinski definition) is 2. The number of likely N-dealkylation sites (N-methyl/N-ethyl adjacent to an activating group) is 1. The van der Waals surface area contributed by atoms with Crippen molar-refractivity contribution in [3.63, 3.8) is 0 Å². The second kappa shape index (κ2) is 9.41. The number of carbonyl (C=O) groups excluding carboxylic acids is 2. The Kier molecular flexibility index (Phi) is 6.45. The minimum absolute atomic E-state index is 0.0727. The van der Waals surface area contributed by atoms with Crippen molar-refractivity contribution in [2.45, 2.75) is 18.9 Å². The van der Waals surface area contributed by atoms with Gasteiger partial charge in [0.25, 0.3) is 5.91 Å². The van der Waals surface area contributed by atoms with Crippen LogP contribution in [0.5, 0.6) is 0 Å². The molecule has 2 aromatic carbocycles. The van der Waals surface area contributed by atoms with E-state index in [1.165, 1.54) is 0 Å². The highest BCUT2D eigenvalue weighted by molar-refractivity contribution is 5.97. The van der Waals surface area contributed by atoms with E-state index in [0.29, 0.717) is 5.56 Å². The molecule has 158 valence electrons. The van der Waals surface area contributed by atoms with E-state index in [4.69, 9.17) is 0 Å². The van der Waals surface area contributed by atoms with Gasteiger partial charge in [-0.3, -0.25) is 14.5 Å². The number of benzene rings is 2. The first kappa shape index (κ1) is 20.6. The first-order valence-electron chi connectivity index (χ1n) is 10.8. The Morgan fingerprint density at radius 3 is 2.27 bits per heavy atom. The predicted molar refractivity (Wildman–Crippen MR) is 118 cm³/mol. The first-order chi connectivity index (χ1) is 14.6. The van der Waals surface area contributed by atoms with Gasteiger partial charge in [-0.2, -0.15) is 0 Å². The smallest absolute Gasteiger partial charge is 0.251 e. The molecule has 1 aliphatic heterocycles. The van der Waals surface area contributed by atoms with Gasteiger partial charge >= 0.3 is 0 Å². The summed E-state index contributed by atoms with van der Waals surface area (Å²) in [6.45, 7) is 4.89. The van der Waals surface area contributed by atoms with Gasteiger partial charge in [0.2, 0.25) is 5.91 Å². The van der Waals surface area contributed by atoms with Crippen LogP contribution >= 0.6 is 0 Å². The molecule has 1 heterocycles. The zero-order valence-electron chi connectivity index (χ0n) is 17.5. The van der Waals surface area contributed by atoms with Crippen molar-refractivity contribution in [3.05, 3.63) is 65.7 Å². The number of nitrogens with zero attached hydrogens (tertiary/aromatic N) is 2. The molecule has 2 aliphatic rings. The Morgan fingerprint density at radius 2 is 1.63 bits per heavy atom. The zero-order valence-corrected chi connectivity index (χ0v) is 17.5. The van der Waals surface area contributed by atoms with Gasteiger partial charge in [0, 0.05) is 49.9 Å². The fraction of sp³-hybridized carbons (Fsp3) is 0.417. The van der Waals surface area contributed by atoms with Crippen LogP contribution in [-0.2, 0) is 4.79 Å². The molecule has 1 saturated heterocycles. The molecule has 1 atom stereocenters. The van der Waals surface area contributed by atoms with Crippen molar-refractivity contribution in [2.24, 2.45) is 5.92 Å². The molecule has 0 bridgehead atoms. The van der Waals surface area contributed by atoms with E-state index in [9.17, 15) is 9.59 Å². The normalized spacial score (nSPS) is 18.6. The minimum Gasteiger partial charge on any atom is -0.344 e. The van der Waals surface area contributed by atoms with E-state index in [-0.39, 0.29) is 23.8 Å². The Balaban J connectivity index is 1.41. The molecule has 0 aromatic heterocycles. The summed E-state index contributed by atoms with van der Waals surface area (Å²) in [5.74, 6) is 0.135. The second-order valence-electron chi connectivity index (χ2n) is 8.38. The van der Waals surface area contributed by atoms with Crippen molar-refractivity contribution in [1.29, 1.82) is 0 Å². The molecule has 1 unspecified atom stereocenters. The van der Waals surface area contributed by atoms with Gasteiger partial charge in [0.05, 0.1) is 6.04 Å². The van der Waals surface area contributed by atoms with Crippen molar-refractivity contribution in [1.82, 2.24) is 15.1 Å². The monoisotopic (exact) mass is 406 g/mol. The molecule has 2 N–H and O–H groups in total. The van der Waals surface area contributed by atoms with E-state index < -0.39 is 0 Å². The van der Waals surface area contributed by atoms with Crippen LogP contribution in [0.3, 0.4) is 0 Å². The standard InChI is InChI=1S/C24H30N4O2/c1-27-13-15-28(16-14-27)17-22(18-5-3-2-4-6-18)26-24(30)20-9-11-21(12-10-20)25-23(29)19-7-8-19/h2-6,9-12,19,22H,7-8,13-17H2,1H3,(H,25,29)(H,26,30). The number of hydrogen-bond acceptors (Lipinski definition) is 4. The summed E-state index contributed by atoms with van der Waals surface area (Å²) in [4.78, 5) is 29.6. The van der Waals surface area contributed by atoms with Crippen molar-refractivity contribution >= 4 is 17.5 Å². The van der Waals surface area contributed by atoms with Crippen LogP contribution in [0.15, 0.2) is 54.6 Å². The number of amides is 2. The lowest BCUT2D eigenvalue weighted by molar-refractivity contribution is -0.117. The van der Waals surface area contributed by atoms with Crippen LogP contribution in [0, 0.1) is 5.92 Å². The van der Waals surface area contributed by atoms with E-state index in [2.05, 4.69) is 39.6 Å². The molecule has 0 spiro atoms. The topological polar surface area (TPSA) is 64.7 Å². The van der Waals surface area contributed by atoms with E-state index in [1.807, 2.05) is 18.2 Å². The van der Waals surface area contributed by atoms with E-state index >= 15 is 0 Å². The molecule has 6 nitrogen and oxygen atoms in total. The van der Waals surface area contributed by atoms with Gasteiger partial charge in [-0.1, -0.05) is 30.3 Å². The van der Waals surface area contributed by atoms with Crippen LogP contribution in [0.4, 0.5) is 5.69 Å². The summed E-state index contributed by atoms with van der Waals surface area (Å²) in [5.41, 5.74) is 2.44. The molecule has 2 amide bonds. The second-order valence-corrected chi connectivity index (χ2v) is 8.38. The highest BCUT2D eigenvalue weighted by Gasteiger charge is 2.29. The maximum Gasteiger partial charge on any atom is 0.251 e. The van der Waals surface area contributed by atoms with Crippen LogP contribution in [0.1, 0.15) is 34.8 Å². The highest BCUT2D eigenvalue weighted by atomic mass is 16.2. The summed E-state index contributed by atoms with van der Waals surface area (Å²) in [6, 6.07) is 17.2. The Morgan fingerprint density at radius 1 is 0.967 bits per heavy atom. The largest absolute Gasteiger partial charge is 0.344 e. The van der Waals surface area contributed by atoms with E-state index in [0.717, 1.165) is 56.8 Å². The van der Waals surface area contributed by atoms with Crippen LogP contribution < -0.4 is 10.6 Å². The van der Waals surface area contributed by atoms with Crippen LogP contribution in [0.2, 0.25) is 0 Å². The van der Waals surface area contributed by atoms with Gasteiger partial charge in [0.1, 0.15) is 0 Å². The van der Waals surface area contributed by atoms with Crippen molar-refractivity contribution < 1.29 is 9.59 Å². The predicted octanol–water partition coefficient (Wildman–Crippen LogP) is 2.75. The van der Waals surface area contributed by atoms with Gasteiger partial charge in [-0.25, -0.2) is 0 Å². The fourth-order valence-corrected chi connectivity index (χ4v) is 3.74. The van der Waals surface area contributed by atoms with E-state index in [1.54, 1.807) is 24.3 Å². The third-order valence-electron chi connectivity index (χ3n) is 5.91. The third-order valence-corrected chi connectivity index (χ3v) is 5.91. The summed E-state index contributed by atoms with van der Waals surface area (Å²) in [7, 11) is 2.14. The molecule has 1 saturated carbocycles. The zero-order chi connectivity index (χ0) is 20.9. The molecular formula is C24H30N4O2. The molecule has 2 fully saturated rings. The molecule has 30 heavy (non-hydrogen) atoms. The summed E-state index contributed by atoms with van der Waals surface area (Å²) in [6.07, 6.45) is 1.95. The van der Waals surface area contributed by atoms with Crippen LogP contribution in [-0.4, -0.2) is 61.4 Å². The molecular weight excluding hydrogens is 376 g/mol. The maximum absolute atomic E-state index is 12.9. The first-order valence-corrected chi connectivity index (χ1v) is 10.8. The van der Waals surface area contributed by atoms with Crippen molar-refractivity contribution in [3.8, 4) is 0 Å². The van der Waals surface area contributed by atoms with Gasteiger partial charge in [0.15, 0.2) is 0 Å². The Hall–Kier alpha value is -2.70. The number of rotatable bonds is 7. The lowest BCUT2D eigenvalue weighted by Crippen LogP contribution is -2.47. The lowest BCUT2D eigenvalue weighted by atomic mass is 10.0. The molecule has 4 rings (SSSR count). The quantitative estimate of drug-likeness (QED) is 0.742. The SMILES string of the molecule is CN1CCN(CC(NC(=O)c2ccc(NC(=O)C3CC3)cc2)c2ccccc2)CC1. The number of nitrogens with one attached hydrogen (secondary N) is 2. The number of carbonyl (C=O) groups is 2. The number of piperazine rings is 1. The summed E-state index contributed by atoms with van der Waals surface area (Å²) in [5, 5.41) is 6.13. The average Bonchev–Trinajstić information content (AvgIpc) is 3.61. The molecule has 6 heteroatoms. The van der Waals surface area contributed by atoms with Gasteiger partial charge in [-0.05, 0) is 49.7 Å². The molecule has 1 aliphatic carbocycles. The average molecular weight is 407 g/mol. The summed E-state index contributed by atoms with van der Waals surface area (Å²) >= 11 is 0.